The average Bonchev–Trinajstić information content (AvgIpc) is 2.99. The number of carbonyl (C=O) groups excluding carboxylic acids is 2. The molecule has 1 aliphatic carbocycles. The number of methoxy groups -OCH3 is 1. The fourth-order valence-corrected chi connectivity index (χ4v) is 6.59. The van der Waals surface area contributed by atoms with E-state index < -0.39 is 28.5 Å². The van der Waals surface area contributed by atoms with E-state index in [4.69, 9.17) is 4.74 Å². The molecule has 0 bridgehead atoms. The van der Waals surface area contributed by atoms with Gasteiger partial charge in [0.25, 0.3) is 10.0 Å². The second-order valence-electron chi connectivity index (χ2n) is 10.6. The molecule has 1 unspecified atom stereocenters. The Morgan fingerprint density at radius 2 is 1.63 bits per heavy atom. The van der Waals surface area contributed by atoms with Gasteiger partial charge in [0.2, 0.25) is 11.8 Å². The van der Waals surface area contributed by atoms with Crippen molar-refractivity contribution >= 4 is 27.5 Å². The van der Waals surface area contributed by atoms with Crippen molar-refractivity contribution in [1.82, 2.24) is 10.2 Å². The van der Waals surface area contributed by atoms with Crippen LogP contribution in [0, 0.1) is 6.92 Å². The Bertz CT molecular complexity index is 1420. The molecule has 3 aromatic rings. The van der Waals surface area contributed by atoms with Crippen molar-refractivity contribution < 1.29 is 22.7 Å². The maximum Gasteiger partial charge on any atom is 0.264 e. The molecule has 218 valence electrons. The van der Waals surface area contributed by atoms with E-state index in [0.717, 1.165) is 47.5 Å². The molecule has 1 saturated carbocycles. The minimum absolute atomic E-state index is 0.0666. The number of aryl methyl sites for hydroxylation is 1. The number of benzene rings is 3. The number of hydrogen-bond donors (Lipinski definition) is 1. The molecule has 9 heteroatoms. The van der Waals surface area contributed by atoms with Crippen molar-refractivity contribution in [3.05, 3.63) is 90.0 Å². The van der Waals surface area contributed by atoms with Crippen molar-refractivity contribution in [3.63, 3.8) is 0 Å². The minimum Gasteiger partial charge on any atom is -0.497 e. The van der Waals surface area contributed by atoms with E-state index in [1.807, 2.05) is 31.2 Å². The van der Waals surface area contributed by atoms with E-state index in [1.165, 1.54) is 24.1 Å². The fourth-order valence-electron chi connectivity index (χ4n) is 5.16. The summed E-state index contributed by atoms with van der Waals surface area (Å²) >= 11 is 0. The first-order valence-corrected chi connectivity index (χ1v) is 15.5. The van der Waals surface area contributed by atoms with Gasteiger partial charge in [0, 0.05) is 12.6 Å². The van der Waals surface area contributed by atoms with Crippen LogP contribution in [0.25, 0.3) is 0 Å². The molecule has 1 N–H and O–H groups in total. The zero-order valence-corrected chi connectivity index (χ0v) is 24.8. The van der Waals surface area contributed by atoms with E-state index >= 15 is 0 Å². The molecule has 1 fully saturated rings. The molecule has 0 aromatic heterocycles. The van der Waals surface area contributed by atoms with E-state index in [2.05, 4.69) is 5.32 Å². The molecule has 1 aliphatic rings. The van der Waals surface area contributed by atoms with Gasteiger partial charge < -0.3 is 15.0 Å². The van der Waals surface area contributed by atoms with E-state index in [9.17, 15) is 18.0 Å². The third-order valence-corrected chi connectivity index (χ3v) is 9.31. The largest absolute Gasteiger partial charge is 0.497 e. The maximum atomic E-state index is 14.1. The molecular weight excluding hydrogens is 538 g/mol. The Balaban J connectivity index is 1.67. The number of sulfonamides is 1. The molecule has 8 nitrogen and oxygen atoms in total. The summed E-state index contributed by atoms with van der Waals surface area (Å²) in [6.45, 7) is 3.36. The highest BCUT2D eigenvalue weighted by Gasteiger charge is 2.33. The number of hydrogen-bond acceptors (Lipinski definition) is 5. The molecule has 0 aliphatic heterocycles. The molecule has 0 saturated heterocycles. The Morgan fingerprint density at radius 1 is 0.951 bits per heavy atom. The van der Waals surface area contributed by atoms with Crippen LogP contribution in [0.1, 0.15) is 50.2 Å². The SMILES string of the molecule is COc1ccc(N(CC(=O)N(Cc2cccc(C)c2)C(C)C(=O)NC2CCCCC2)S(=O)(=O)c2ccccc2)cc1. The Kier molecular flexibility index (Phi) is 10.0. The summed E-state index contributed by atoms with van der Waals surface area (Å²) < 4.78 is 34.1. The molecule has 3 aromatic carbocycles. The van der Waals surface area contributed by atoms with Crippen molar-refractivity contribution in [2.45, 2.75) is 69.5 Å². The van der Waals surface area contributed by atoms with Gasteiger partial charge in [-0.2, -0.15) is 0 Å². The van der Waals surface area contributed by atoms with Gasteiger partial charge in [-0.05, 0) is 68.7 Å². The topological polar surface area (TPSA) is 96.0 Å². The molecule has 0 heterocycles. The van der Waals surface area contributed by atoms with Crippen molar-refractivity contribution in [2.24, 2.45) is 0 Å². The molecule has 0 radical (unpaired) electrons. The molecule has 4 rings (SSSR count). The summed E-state index contributed by atoms with van der Waals surface area (Å²) in [4.78, 5) is 29.0. The van der Waals surface area contributed by atoms with Crippen LogP contribution in [-0.4, -0.2) is 50.9 Å². The third kappa shape index (κ3) is 7.67. The summed E-state index contributed by atoms with van der Waals surface area (Å²) in [6, 6.07) is 21.6. The Hall–Kier alpha value is -3.85. The van der Waals surface area contributed by atoms with Gasteiger partial charge in [0.15, 0.2) is 0 Å². The lowest BCUT2D eigenvalue weighted by atomic mass is 9.95. The second kappa shape index (κ2) is 13.7. The van der Waals surface area contributed by atoms with E-state index in [-0.39, 0.29) is 23.4 Å². The second-order valence-corrected chi connectivity index (χ2v) is 12.4. The van der Waals surface area contributed by atoms with Crippen LogP contribution in [0.3, 0.4) is 0 Å². The monoisotopic (exact) mass is 577 g/mol. The normalized spacial score (nSPS) is 14.6. The fraction of sp³-hybridized carbons (Fsp3) is 0.375. The maximum absolute atomic E-state index is 14.1. The van der Waals surface area contributed by atoms with Crippen molar-refractivity contribution in [3.8, 4) is 5.75 Å². The lowest BCUT2D eigenvalue weighted by Gasteiger charge is -2.33. The molecule has 2 amide bonds. The average molecular weight is 578 g/mol. The number of amides is 2. The number of ether oxygens (including phenoxy) is 1. The summed E-state index contributed by atoms with van der Waals surface area (Å²) in [5.74, 6) is -0.154. The highest BCUT2D eigenvalue weighted by atomic mass is 32.2. The number of anilines is 1. The van der Waals surface area contributed by atoms with Crippen LogP contribution in [0.2, 0.25) is 0 Å². The van der Waals surface area contributed by atoms with Crippen LogP contribution >= 0.6 is 0 Å². The predicted molar refractivity (Wildman–Crippen MR) is 160 cm³/mol. The summed E-state index contributed by atoms with van der Waals surface area (Å²) in [5.41, 5.74) is 2.20. The van der Waals surface area contributed by atoms with Crippen molar-refractivity contribution in [1.29, 1.82) is 0 Å². The standard InChI is InChI=1S/C32H39N3O5S/c1-24-11-10-12-26(21-24)22-34(25(2)32(37)33-27-13-6-4-7-14-27)31(36)23-35(28-17-19-29(40-3)20-18-28)41(38,39)30-15-8-5-9-16-30/h5,8-12,15-21,25,27H,4,6-7,13-14,22-23H2,1-3H3,(H,33,37). The highest BCUT2D eigenvalue weighted by Crippen LogP contribution is 2.27. The Morgan fingerprint density at radius 3 is 2.27 bits per heavy atom. The summed E-state index contributed by atoms with van der Waals surface area (Å²) in [7, 11) is -2.58. The highest BCUT2D eigenvalue weighted by molar-refractivity contribution is 7.92. The van der Waals surface area contributed by atoms with Crippen LogP contribution in [0.5, 0.6) is 5.75 Å². The van der Waals surface area contributed by atoms with Gasteiger partial charge in [-0.15, -0.1) is 0 Å². The molecular formula is C32H39N3O5S. The van der Waals surface area contributed by atoms with Crippen molar-refractivity contribution in [2.75, 3.05) is 18.0 Å². The predicted octanol–water partition coefficient (Wildman–Crippen LogP) is 5.07. The first kappa shape index (κ1) is 30.1. The number of nitrogens with zero attached hydrogens (tertiary/aromatic N) is 2. The zero-order chi connectivity index (χ0) is 29.4. The van der Waals surface area contributed by atoms with E-state index in [0.29, 0.717) is 11.4 Å². The lowest BCUT2D eigenvalue weighted by Crippen LogP contribution is -2.53. The minimum atomic E-state index is -4.11. The van der Waals surface area contributed by atoms with Gasteiger partial charge in [-0.3, -0.25) is 13.9 Å². The lowest BCUT2D eigenvalue weighted by molar-refractivity contribution is -0.139. The van der Waals surface area contributed by atoms with Gasteiger partial charge in [-0.1, -0.05) is 67.3 Å². The van der Waals surface area contributed by atoms with Gasteiger partial charge in [0.05, 0.1) is 17.7 Å². The van der Waals surface area contributed by atoms with Gasteiger partial charge in [0.1, 0.15) is 18.3 Å². The summed E-state index contributed by atoms with van der Waals surface area (Å²) in [5, 5.41) is 3.13. The first-order chi connectivity index (χ1) is 19.7. The van der Waals surface area contributed by atoms with Crippen LogP contribution in [0.4, 0.5) is 5.69 Å². The van der Waals surface area contributed by atoms with Crippen LogP contribution in [0.15, 0.2) is 83.8 Å². The van der Waals surface area contributed by atoms with Gasteiger partial charge in [-0.25, -0.2) is 8.42 Å². The number of nitrogens with one attached hydrogen (secondary N) is 1. The zero-order valence-electron chi connectivity index (χ0n) is 24.0. The molecule has 1 atom stereocenters. The smallest absolute Gasteiger partial charge is 0.264 e. The molecule has 41 heavy (non-hydrogen) atoms. The third-order valence-electron chi connectivity index (χ3n) is 7.52. The Labute approximate surface area is 243 Å². The van der Waals surface area contributed by atoms with Crippen LogP contribution in [-0.2, 0) is 26.2 Å². The van der Waals surface area contributed by atoms with Crippen LogP contribution < -0.4 is 14.4 Å². The van der Waals surface area contributed by atoms with E-state index in [1.54, 1.807) is 49.4 Å². The number of rotatable bonds is 11. The van der Waals surface area contributed by atoms with Gasteiger partial charge >= 0.3 is 0 Å². The number of carbonyl (C=O) groups is 2. The summed E-state index contributed by atoms with van der Waals surface area (Å²) in [6.07, 6.45) is 5.14. The first-order valence-electron chi connectivity index (χ1n) is 14.1. The molecule has 0 spiro atoms. The quantitative estimate of drug-likeness (QED) is 0.344.